The Hall–Kier alpha value is -1.40. The molecule has 7 heteroatoms. The zero-order valence-corrected chi connectivity index (χ0v) is 11.8. The van der Waals surface area contributed by atoms with Crippen LogP contribution >= 0.6 is 11.6 Å². The molecule has 1 aliphatic carbocycles. The number of hydrogen-bond donors (Lipinski definition) is 1. The summed E-state index contributed by atoms with van der Waals surface area (Å²) in [6.07, 6.45) is 3.45. The van der Waals surface area contributed by atoms with Crippen molar-refractivity contribution >= 4 is 23.1 Å². The lowest BCUT2D eigenvalue weighted by atomic mass is 9.75. The van der Waals surface area contributed by atoms with E-state index in [0.717, 1.165) is 12.8 Å². The van der Waals surface area contributed by atoms with Gasteiger partial charge in [-0.15, -0.1) is 0 Å². The van der Waals surface area contributed by atoms with Crippen molar-refractivity contribution in [2.24, 2.45) is 0 Å². The first-order valence-corrected chi connectivity index (χ1v) is 6.54. The maximum Gasteiger partial charge on any atom is 0.276 e. The third kappa shape index (κ3) is 2.96. The van der Waals surface area contributed by atoms with E-state index in [1.807, 2.05) is 0 Å². The van der Waals surface area contributed by atoms with Crippen molar-refractivity contribution in [2.75, 3.05) is 26.0 Å². The maximum absolute atomic E-state index is 10.8. The van der Waals surface area contributed by atoms with Crippen LogP contribution in [0.25, 0.3) is 0 Å². The van der Waals surface area contributed by atoms with Gasteiger partial charge in [-0.2, -0.15) is 0 Å². The Balaban J connectivity index is 2.09. The van der Waals surface area contributed by atoms with E-state index in [1.165, 1.54) is 18.6 Å². The van der Waals surface area contributed by atoms with E-state index >= 15 is 0 Å². The van der Waals surface area contributed by atoms with Crippen LogP contribution < -0.4 is 5.32 Å². The van der Waals surface area contributed by atoms with Crippen LogP contribution in [0.3, 0.4) is 0 Å². The van der Waals surface area contributed by atoms with Gasteiger partial charge in [-0.05, 0) is 33.4 Å². The monoisotopic (exact) mass is 284 g/mol. The number of nitro groups is 1. The van der Waals surface area contributed by atoms with Crippen LogP contribution in [-0.4, -0.2) is 41.0 Å². The molecule has 1 aromatic heterocycles. The second-order valence-corrected chi connectivity index (χ2v) is 5.50. The fourth-order valence-corrected chi connectivity index (χ4v) is 2.50. The minimum Gasteiger partial charge on any atom is -0.368 e. The van der Waals surface area contributed by atoms with Crippen molar-refractivity contribution in [3.05, 3.63) is 27.4 Å². The van der Waals surface area contributed by atoms with Crippen LogP contribution in [0, 0.1) is 10.1 Å². The van der Waals surface area contributed by atoms with Crippen molar-refractivity contribution in [1.29, 1.82) is 0 Å². The number of nitrogens with zero attached hydrogens (tertiary/aromatic N) is 3. The minimum absolute atomic E-state index is 0.0463. The molecule has 0 saturated heterocycles. The van der Waals surface area contributed by atoms with Crippen molar-refractivity contribution in [2.45, 2.75) is 24.8 Å². The van der Waals surface area contributed by atoms with Gasteiger partial charge in [0.05, 0.1) is 17.1 Å². The van der Waals surface area contributed by atoms with Gasteiger partial charge in [-0.25, -0.2) is 4.98 Å². The summed E-state index contributed by atoms with van der Waals surface area (Å²) in [6.45, 7) is 0.713. The number of nitrogens with one attached hydrogen (secondary N) is 1. The molecule has 104 valence electrons. The molecule has 1 saturated carbocycles. The zero-order chi connectivity index (χ0) is 14.0. The molecule has 0 spiro atoms. The SMILES string of the molecule is CN(C)C1(CNc2cc([N+](=O)[O-])cc(Cl)n2)CCC1. The van der Waals surface area contributed by atoms with Gasteiger partial charge in [-0.1, -0.05) is 11.6 Å². The first-order valence-electron chi connectivity index (χ1n) is 6.16. The quantitative estimate of drug-likeness (QED) is 0.511. The van der Waals surface area contributed by atoms with E-state index < -0.39 is 4.92 Å². The van der Waals surface area contributed by atoms with Crippen molar-refractivity contribution in [3.8, 4) is 0 Å². The number of halogens is 1. The van der Waals surface area contributed by atoms with Crippen LogP contribution in [0.15, 0.2) is 12.1 Å². The fourth-order valence-electron chi connectivity index (χ4n) is 2.30. The topological polar surface area (TPSA) is 71.3 Å². The first-order chi connectivity index (χ1) is 8.93. The largest absolute Gasteiger partial charge is 0.368 e. The molecule has 1 aromatic rings. The average molecular weight is 285 g/mol. The standard InChI is InChI=1S/C12H17ClN4O2/c1-16(2)12(4-3-5-12)8-14-11-7-9(17(18)19)6-10(13)15-11/h6-7H,3-5,8H2,1-2H3,(H,14,15). The average Bonchev–Trinajstić information content (AvgIpc) is 2.26. The molecule has 1 aliphatic rings. The Kier molecular flexibility index (Phi) is 3.91. The van der Waals surface area contributed by atoms with Crippen LogP contribution in [0.1, 0.15) is 19.3 Å². The molecule has 0 atom stereocenters. The molecule has 0 amide bonds. The van der Waals surface area contributed by atoms with Crippen molar-refractivity contribution in [3.63, 3.8) is 0 Å². The zero-order valence-electron chi connectivity index (χ0n) is 11.0. The van der Waals surface area contributed by atoms with Crippen molar-refractivity contribution in [1.82, 2.24) is 9.88 Å². The minimum atomic E-state index is -0.468. The Morgan fingerprint density at radius 2 is 2.21 bits per heavy atom. The molecular formula is C12H17ClN4O2. The number of likely N-dealkylation sites (N-methyl/N-ethyl adjacent to an activating group) is 1. The number of rotatable bonds is 5. The highest BCUT2D eigenvalue weighted by Gasteiger charge is 2.38. The summed E-state index contributed by atoms with van der Waals surface area (Å²) in [7, 11) is 4.10. The Morgan fingerprint density at radius 1 is 1.53 bits per heavy atom. The lowest BCUT2D eigenvalue weighted by Crippen LogP contribution is -2.54. The molecule has 0 unspecified atom stereocenters. The smallest absolute Gasteiger partial charge is 0.276 e. The van der Waals surface area contributed by atoms with Crippen LogP contribution in [0.2, 0.25) is 5.15 Å². The molecule has 0 aromatic carbocycles. The van der Waals surface area contributed by atoms with Gasteiger partial charge in [0, 0.05) is 12.1 Å². The van der Waals surface area contributed by atoms with Gasteiger partial charge in [0.2, 0.25) is 0 Å². The summed E-state index contributed by atoms with van der Waals surface area (Å²) in [5.74, 6) is 0.451. The predicted molar refractivity (Wildman–Crippen MR) is 74.7 cm³/mol. The Labute approximate surface area is 116 Å². The number of hydrogen-bond acceptors (Lipinski definition) is 5. The van der Waals surface area contributed by atoms with E-state index in [0.29, 0.717) is 12.4 Å². The van der Waals surface area contributed by atoms with Gasteiger partial charge in [0.15, 0.2) is 0 Å². The fraction of sp³-hybridized carbons (Fsp3) is 0.583. The molecule has 1 fully saturated rings. The van der Waals surface area contributed by atoms with E-state index in [9.17, 15) is 10.1 Å². The number of pyridine rings is 1. The highest BCUT2D eigenvalue weighted by atomic mass is 35.5. The molecule has 19 heavy (non-hydrogen) atoms. The maximum atomic E-state index is 10.8. The predicted octanol–water partition coefficient (Wildman–Crippen LogP) is 2.54. The summed E-state index contributed by atoms with van der Waals surface area (Å²) >= 11 is 5.79. The van der Waals surface area contributed by atoms with E-state index in [-0.39, 0.29) is 16.4 Å². The van der Waals surface area contributed by atoms with Crippen LogP contribution in [0.5, 0.6) is 0 Å². The number of aromatic nitrogens is 1. The van der Waals surface area contributed by atoms with Gasteiger partial charge >= 0.3 is 0 Å². The third-order valence-corrected chi connectivity index (χ3v) is 4.01. The second kappa shape index (κ2) is 5.30. The number of anilines is 1. The van der Waals surface area contributed by atoms with E-state index in [4.69, 9.17) is 11.6 Å². The highest BCUT2D eigenvalue weighted by molar-refractivity contribution is 6.29. The van der Waals surface area contributed by atoms with E-state index in [1.54, 1.807) is 0 Å². The summed E-state index contributed by atoms with van der Waals surface area (Å²) in [6, 6.07) is 2.66. The Bertz CT molecular complexity index is 489. The molecule has 0 bridgehead atoms. The molecule has 1 N–H and O–H groups in total. The second-order valence-electron chi connectivity index (χ2n) is 5.12. The van der Waals surface area contributed by atoms with E-state index in [2.05, 4.69) is 29.3 Å². The van der Waals surface area contributed by atoms with Gasteiger partial charge in [0.1, 0.15) is 11.0 Å². The van der Waals surface area contributed by atoms with Crippen LogP contribution in [-0.2, 0) is 0 Å². The summed E-state index contributed by atoms with van der Waals surface area (Å²) in [5.41, 5.74) is 0.0775. The lowest BCUT2D eigenvalue weighted by Gasteiger charge is -2.47. The van der Waals surface area contributed by atoms with Crippen molar-refractivity contribution < 1.29 is 4.92 Å². The molecule has 6 nitrogen and oxygen atoms in total. The van der Waals surface area contributed by atoms with Gasteiger partial charge < -0.3 is 10.2 Å². The molecule has 2 rings (SSSR count). The molecule has 0 radical (unpaired) electrons. The Morgan fingerprint density at radius 3 is 2.68 bits per heavy atom. The lowest BCUT2D eigenvalue weighted by molar-refractivity contribution is -0.384. The summed E-state index contributed by atoms with van der Waals surface area (Å²) < 4.78 is 0. The highest BCUT2D eigenvalue weighted by Crippen LogP contribution is 2.36. The summed E-state index contributed by atoms with van der Waals surface area (Å²) in [5, 5.41) is 14.1. The third-order valence-electron chi connectivity index (χ3n) is 3.82. The van der Waals surface area contributed by atoms with Gasteiger partial charge in [0.25, 0.3) is 5.69 Å². The molecule has 1 heterocycles. The summed E-state index contributed by atoms with van der Waals surface area (Å²) in [4.78, 5) is 16.6. The van der Waals surface area contributed by atoms with Crippen LogP contribution in [0.4, 0.5) is 11.5 Å². The molecular weight excluding hydrogens is 268 g/mol. The van der Waals surface area contributed by atoms with Gasteiger partial charge in [-0.3, -0.25) is 10.1 Å². The first kappa shape index (κ1) is 14.0. The normalized spacial score (nSPS) is 17.1. The molecule has 0 aliphatic heterocycles.